The van der Waals surface area contributed by atoms with Gasteiger partial charge in [-0.15, -0.1) is 0 Å². The van der Waals surface area contributed by atoms with Crippen molar-refractivity contribution >= 4 is 18.0 Å². The fourth-order valence-corrected chi connectivity index (χ4v) is 1.14. The summed E-state index contributed by atoms with van der Waals surface area (Å²) in [7, 11) is 4.21. The van der Waals surface area contributed by atoms with Crippen molar-refractivity contribution in [2.24, 2.45) is 0 Å². The zero-order valence-electron chi connectivity index (χ0n) is 11.6. The molecule has 0 aliphatic heterocycles. The Hall–Kier alpha value is -1.63. The monoisotopic (exact) mass is 260 g/mol. The second kappa shape index (κ2) is 6.34. The summed E-state index contributed by atoms with van der Waals surface area (Å²) >= 11 is 0. The first kappa shape index (κ1) is 16.4. The third-order valence-corrected chi connectivity index (χ3v) is 1.81. The van der Waals surface area contributed by atoms with Gasteiger partial charge >= 0.3 is 12.1 Å². The molecule has 7 heteroatoms. The molecule has 18 heavy (non-hydrogen) atoms. The lowest BCUT2D eigenvalue weighted by Crippen LogP contribution is -2.51. The third kappa shape index (κ3) is 5.62. The topological polar surface area (TPSA) is 84.9 Å². The molecule has 7 nitrogen and oxygen atoms in total. The van der Waals surface area contributed by atoms with Crippen molar-refractivity contribution in [3.63, 3.8) is 0 Å². The lowest BCUT2D eigenvalue weighted by atomic mass is 10.2. The first-order valence-corrected chi connectivity index (χ1v) is 5.36. The van der Waals surface area contributed by atoms with Crippen LogP contribution < -0.4 is 5.32 Å². The molecule has 0 saturated carbocycles. The molecule has 0 bridgehead atoms. The molecule has 0 heterocycles. The van der Waals surface area contributed by atoms with E-state index >= 15 is 0 Å². The van der Waals surface area contributed by atoms with Gasteiger partial charge in [0.25, 0.3) is 5.91 Å². The van der Waals surface area contributed by atoms with E-state index in [0.29, 0.717) is 0 Å². The van der Waals surface area contributed by atoms with Gasteiger partial charge in [-0.1, -0.05) is 0 Å². The van der Waals surface area contributed by atoms with Crippen molar-refractivity contribution in [2.45, 2.75) is 32.4 Å². The van der Waals surface area contributed by atoms with Gasteiger partial charge in [-0.05, 0) is 34.9 Å². The van der Waals surface area contributed by atoms with Gasteiger partial charge < -0.3 is 9.47 Å². The van der Waals surface area contributed by atoms with Crippen LogP contribution in [0.2, 0.25) is 0 Å². The molecule has 0 aromatic rings. The third-order valence-electron chi connectivity index (χ3n) is 1.81. The Kier molecular flexibility index (Phi) is 5.77. The van der Waals surface area contributed by atoms with Gasteiger partial charge in [-0.25, -0.2) is 9.59 Å². The molecule has 0 aromatic heterocycles. The zero-order chi connectivity index (χ0) is 14.5. The number of alkyl carbamates (subject to hydrolysis) is 1. The predicted molar refractivity (Wildman–Crippen MR) is 63.9 cm³/mol. The van der Waals surface area contributed by atoms with Crippen LogP contribution in [-0.2, 0) is 19.1 Å². The van der Waals surface area contributed by atoms with Crippen molar-refractivity contribution in [1.82, 2.24) is 10.2 Å². The molecule has 0 unspecified atom stereocenters. The number of nitrogens with one attached hydrogen (secondary N) is 1. The van der Waals surface area contributed by atoms with Crippen molar-refractivity contribution in [3.8, 4) is 0 Å². The highest BCUT2D eigenvalue weighted by Gasteiger charge is 2.32. The first-order valence-electron chi connectivity index (χ1n) is 5.36. The Bertz CT molecular complexity index is 333. The smallest absolute Gasteiger partial charge is 0.414 e. The van der Waals surface area contributed by atoms with Crippen molar-refractivity contribution in [3.05, 3.63) is 0 Å². The number of hydrogen-bond acceptors (Lipinski definition) is 6. The second-order valence-corrected chi connectivity index (χ2v) is 4.88. The number of nitrogens with zero attached hydrogens (tertiary/aromatic N) is 1. The van der Waals surface area contributed by atoms with E-state index in [1.165, 1.54) is 26.1 Å². The van der Waals surface area contributed by atoms with E-state index in [4.69, 9.17) is 4.74 Å². The average molecular weight is 260 g/mol. The summed E-state index contributed by atoms with van der Waals surface area (Å²) in [6, 6.07) is -1.19. The maximum Gasteiger partial charge on any atom is 0.414 e. The number of methoxy groups -OCH3 is 1. The number of hydrogen-bond donors (Lipinski definition) is 1. The SMILES string of the molecule is COC(=O)[C@@H](C(=O)NC(=O)OC(C)(C)C)N(C)C. The minimum Gasteiger partial charge on any atom is -0.467 e. The summed E-state index contributed by atoms with van der Waals surface area (Å²) in [6.07, 6.45) is -0.900. The molecule has 2 amide bonds. The number of esters is 1. The van der Waals surface area contributed by atoms with E-state index in [9.17, 15) is 14.4 Å². The second-order valence-electron chi connectivity index (χ2n) is 4.88. The van der Waals surface area contributed by atoms with Gasteiger partial charge in [0, 0.05) is 0 Å². The summed E-state index contributed by atoms with van der Waals surface area (Å²) in [5.74, 6) is -1.54. The molecule has 1 atom stereocenters. The number of carbonyl (C=O) groups excluding carboxylic acids is 3. The summed E-state index contributed by atoms with van der Waals surface area (Å²) < 4.78 is 9.39. The van der Waals surface area contributed by atoms with Gasteiger partial charge in [0.15, 0.2) is 6.04 Å². The maximum absolute atomic E-state index is 11.7. The minimum atomic E-state index is -1.19. The van der Waals surface area contributed by atoms with E-state index in [1.54, 1.807) is 20.8 Å². The Morgan fingerprint density at radius 1 is 1.17 bits per heavy atom. The van der Waals surface area contributed by atoms with Gasteiger partial charge in [0.05, 0.1) is 7.11 Å². The van der Waals surface area contributed by atoms with Gasteiger partial charge in [-0.3, -0.25) is 15.0 Å². The summed E-state index contributed by atoms with van der Waals surface area (Å²) in [4.78, 5) is 35.8. The van der Waals surface area contributed by atoms with Crippen molar-refractivity contribution in [1.29, 1.82) is 0 Å². The standard InChI is InChI=1S/C11H20N2O5/c1-11(2,3)18-10(16)12-8(14)7(13(4)5)9(15)17-6/h7H,1-6H3,(H,12,14,16)/t7-/m1/s1. The van der Waals surface area contributed by atoms with Gasteiger partial charge in [0.2, 0.25) is 0 Å². The van der Waals surface area contributed by atoms with Crippen LogP contribution in [-0.4, -0.2) is 55.7 Å². The molecule has 0 aliphatic carbocycles. The number of likely N-dealkylation sites (N-methyl/N-ethyl adjacent to an activating group) is 1. The lowest BCUT2D eigenvalue weighted by Gasteiger charge is -2.22. The van der Waals surface area contributed by atoms with Crippen LogP contribution in [0, 0.1) is 0 Å². The average Bonchev–Trinajstić information content (AvgIpc) is 2.13. The molecule has 0 radical (unpaired) electrons. The molecule has 104 valence electrons. The molecule has 0 aromatic carbocycles. The predicted octanol–water partition coefficient (Wildman–Crippen LogP) is 0.141. The van der Waals surface area contributed by atoms with Crippen LogP contribution in [0.5, 0.6) is 0 Å². The normalized spacial score (nSPS) is 12.8. The first-order chi connectivity index (χ1) is 8.08. The van der Waals surface area contributed by atoms with E-state index in [-0.39, 0.29) is 0 Å². The minimum absolute atomic E-state index is 0.719. The summed E-state index contributed by atoms with van der Waals surface area (Å²) in [6.45, 7) is 5.00. The van der Waals surface area contributed by atoms with E-state index in [0.717, 1.165) is 0 Å². The number of imide groups is 1. The van der Waals surface area contributed by atoms with Gasteiger partial charge in [-0.2, -0.15) is 0 Å². The number of rotatable bonds is 3. The van der Waals surface area contributed by atoms with Crippen LogP contribution in [0.25, 0.3) is 0 Å². The van der Waals surface area contributed by atoms with E-state index < -0.39 is 29.6 Å². The maximum atomic E-state index is 11.7. The molecule has 0 spiro atoms. The molecule has 1 N–H and O–H groups in total. The Morgan fingerprint density at radius 2 is 1.67 bits per heavy atom. The van der Waals surface area contributed by atoms with E-state index in [1.807, 2.05) is 5.32 Å². The Balaban J connectivity index is 4.63. The van der Waals surface area contributed by atoms with Gasteiger partial charge in [0.1, 0.15) is 5.60 Å². The van der Waals surface area contributed by atoms with Crippen LogP contribution >= 0.6 is 0 Å². The summed E-state index contributed by atoms with van der Waals surface area (Å²) in [5.41, 5.74) is -0.719. The largest absolute Gasteiger partial charge is 0.467 e. The molecule has 0 fully saturated rings. The van der Waals surface area contributed by atoms with Crippen molar-refractivity contribution < 1.29 is 23.9 Å². The molecule has 0 rings (SSSR count). The van der Waals surface area contributed by atoms with Crippen molar-refractivity contribution in [2.75, 3.05) is 21.2 Å². The zero-order valence-corrected chi connectivity index (χ0v) is 11.6. The molecule has 0 aliphatic rings. The highest BCUT2D eigenvalue weighted by Crippen LogP contribution is 2.06. The molecule has 0 saturated heterocycles. The summed E-state index contributed by atoms with van der Waals surface area (Å²) in [5, 5.41) is 1.99. The fraction of sp³-hybridized carbons (Fsp3) is 0.727. The van der Waals surface area contributed by atoms with Crippen LogP contribution in [0.15, 0.2) is 0 Å². The van der Waals surface area contributed by atoms with Crippen LogP contribution in [0.1, 0.15) is 20.8 Å². The number of carbonyl (C=O) groups is 3. The number of ether oxygens (including phenoxy) is 2. The Labute approximate surface area is 106 Å². The number of amides is 2. The highest BCUT2D eigenvalue weighted by atomic mass is 16.6. The van der Waals surface area contributed by atoms with Crippen LogP contribution in [0.4, 0.5) is 4.79 Å². The fourth-order valence-electron chi connectivity index (χ4n) is 1.14. The molecular formula is C11H20N2O5. The lowest BCUT2D eigenvalue weighted by molar-refractivity contribution is -0.150. The highest BCUT2D eigenvalue weighted by molar-refractivity contribution is 6.06. The molecular weight excluding hydrogens is 240 g/mol. The van der Waals surface area contributed by atoms with Crippen LogP contribution in [0.3, 0.4) is 0 Å². The quantitative estimate of drug-likeness (QED) is 0.574. The van der Waals surface area contributed by atoms with E-state index in [2.05, 4.69) is 4.74 Å². The Morgan fingerprint density at radius 3 is 2.00 bits per heavy atom.